The predicted octanol–water partition coefficient (Wildman–Crippen LogP) is 3.64. The summed E-state index contributed by atoms with van der Waals surface area (Å²) in [4.78, 5) is 8.08. The number of benzene rings is 2. The molecule has 0 spiro atoms. The van der Waals surface area contributed by atoms with Crippen molar-refractivity contribution in [2.75, 3.05) is 5.73 Å². The minimum Gasteiger partial charge on any atom is -0.437 e. The van der Waals surface area contributed by atoms with E-state index in [0.29, 0.717) is 11.5 Å². The van der Waals surface area contributed by atoms with Gasteiger partial charge in [-0.3, -0.25) is 0 Å². The highest BCUT2D eigenvalue weighted by molar-refractivity contribution is 5.57. The molecule has 0 unspecified atom stereocenters. The lowest BCUT2D eigenvalue weighted by molar-refractivity contribution is 0.438. The molecule has 0 aliphatic rings. The monoisotopic (exact) mass is 279 g/mol. The number of hydrogen-bond acceptors (Lipinski definition) is 5. The third-order valence-electron chi connectivity index (χ3n) is 2.73. The molecule has 0 aliphatic carbocycles. The zero-order valence-electron chi connectivity index (χ0n) is 11.1. The molecule has 0 bridgehead atoms. The Kier molecular flexibility index (Phi) is 3.64. The molecule has 2 aromatic carbocycles. The molecule has 3 aromatic rings. The molecule has 2 N–H and O–H groups in total. The zero-order chi connectivity index (χ0) is 14.5. The average molecular weight is 279 g/mol. The molecule has 1 heterocycles. The molecule has 104 valence electrons. The van der Waals surface area contributed by atoms with Gasteiger partial charge in [0.2, 0.25) is 11.8 Å². The van der Waals surface area contributed by atoms with Crippen molar-refractivity contribution in [2.45, 2.75) is 0 Å². The summed E-state index contributed by atoms with van der Waals surface area (Å²) in [6.45, 7) is 0. The number of aromatic nitrogens is 2. The second kappa shape index (κ2) is 5.92. The van der Waals surface area contributed by atoms with E-state index < -0.39 is 0 Å². The van der Waals surface area contributed by atoms with Crippen molar-refractivity contribution >= 4 is 5.69 Å². The number of anilines is 1. The van der Waals surface area contributed by atoms with Gasteiger partial charge in [-0.05, 0) is 24.3 Å². The van der Waals surface area contributed by atoms with Crippen molar-refractivity contribution in [3.63, 3.8) is 0 Å². The van der Waals surface area contributed by atoms with Crippen LogP contribution in [-0.4, -0.2) is 9.97 Å². The van der Waals surface area contributed by atoms with Gasteiger partial charge in [0.25, 0.3) is 0 Å². The molecular formula is C16H13N3O2. The number of ether oxygens (including phenoxy) is 2. The summed E-state index contributed by atoms with van der Waals surface area (Å²) in [5, 5.41) is 0. The Bertz CT molecular complexity index is 658. The first-order valence-corrected chi connectivity index (χ1v) is 6.39. The van der Waals surface area contributed by atoms with Crippen LogP contribution in [0.15, 0.2) is 67.0 Å². The zero-order valence-corrected chi connectivity index (χ0v) is 11.1. The van der Waals surface area contributed by atoms with E-state index in [1.54, 1.807) is 0 Å². The standard InChI is InChI=1S/C16H13N3O2/c17-14-15(20-12-7-3-1-4-8-12)18-11-19-16(14)21-13-9-5-2-6-10-13/h1-11H,17H2. The van der Waals surface area contributed by atoms with Crippen LogP contribution in [0.3, 0.4) is 0 Å². The lowest BCUT2D eigenvalue weighted by atomic mass is 10.3. The maximum atomic E-state index is 6.00. The van der Waals surface area contributed by atoms with E-state index in [0.717, 1.165) is 0 Å². The van der Waals surface area contributed by atoms with Crippen LogP contribution in [0, 0.1) is 0 Å². The number of rotatable bonds is 4. The topological polar surface area (TPSA) is 70.3 Å². The Morgan fingerprint density at radius 1 is 0.667 bits per heavy atom. The highest BCUT2D eigenvalue weighted by atomic mass is 16.5. The summed E-state index contributed by atoms with van der Waals surface area (Å²) < 4.78 is 11.3. The van der Waals surface area contributed by atoms with Crippen LogP contribution in [-0.2, 0) is 0 Å². The second-order valence-corrected chi connectivity index (χ2v) is 4.23. The first kappa shape index (κ1) is 12.9. The van der Waals surface area contributed by atoms with Gasteiger partial charge in [-0.2, -0.15) is 9.97 Å². The minimum absolute atomic E-state index is 0.255. The van der Waals surface area contributed by atoms with Crippen LogP contribution in [0.1, 0.15) is 0 Å². The second-order valence-electron chi connectivity index (χ2n) is 4.23. The lowest BCUT2D eigenvalue weighted by Crippen LogP contribution is -2.00. The lowest BCUT2D eigenvalue weighted by Gasteiger charge is -2.10. The summed E-state index contributed by atoms with van der Waals surface area (Å²) in [5.74, 6) is 1.83. The molecule has 0 fully saturated rings. The molecule has 21 heavy (non-hydrogen) atoms. The van der Waals surface area contributed by atoms with E-state index in [9.17, 15) is 0 Å². The minimum atomic E-state index is 0.255. The van der Waals surface area contributed by atoms with E-state index in [4.69, 9.17) is 15.2 Å². The van der Waals surface area contributed by atoms with Gasteiger partial charge in [-0.25, -0.2) is 0 Å². The normalized spacial score (nSPS) is 10.1. The molecule has 0 amide bonds. The van der Waals surface area contributed by atoms with Gasteiger partial charge in [0, 0.05) is 0 Å². The fraction of sp³-hybridized carbons (Fsp3) is 0. The first-order chi connectivity index (χ1) is 10.3. The molecule has 3 rings (SSSR count). The maximum Gasteiger partial charge on any atom is 0.249 e. The van der Waals surface area contributed by atoms with Crippen LogP contribution in [0.25, 0.3) is 0 Å². The van der Waals surface area contributed by atoms with E-state index in [1.165, 1.54) is 6.33 Å². The summed E-state index contributed by atoms with van der Waals surface area (Å²) in [5.41, 5.74) is 6.26. The highest BCUT2D eigenvalue weighted by Gasteiger charge is 2.12. The Balaban J connectivity index is 1.85. The fourth-order valence-corrected chi connectivity index (χ4v) is 1.73. The van der Waals surface area contributed by atoms with Crippen LogP contribution in [0.2, 0.25) is 0 Å². The van der Waals surface area contributed by atoms with Crippen LogP contribution in [0.4, 0.5) is 5.69 Å². The number of nitrogens with two attached hydrogens (primary N) is 1. The Labute approximate surface area is 122 Å². The van der Waals surface area contributed by atoms with Crippen molar-refractivity contribution in [3.05, 3.63) is 67.0 Å². The summed E-state index contributed by atoms with van der Waals surface area (Å²) in [6, 6.07) is 18.6. The maximum absolute atomic E-state index is 6.00. The molecular weight excluding hydrogens is 266 g/mol. The number of nitrogens with zero attached hydrogens (tertiary/aromatic N) is 2. The number of para-hydroxylation sites is 2. The SMILES string of the molecule is Nc1c(Oc2ccccc2)ncnc1Oc1ccccc1. The highest BCUT2D eigenvalue weighted by Crippen LogP contribution is 2.32. The first-order valence-electron chi connectivity index (χ1n) is 6.39. The van der Waals surface area contributed by atoms with E-state index in [-0.39, 0.29) is 17.4 Å². The molecule has 0 radical (unpaired) electrons. The molecule has 5 nitrogen and oxygen atoms in total. The van der Waals surface area contributed by atoms with Crippen LogP contribution in [0.5, 0.6) is 23.3 Å². The van der Waals surface area contributed by atoms with E-state index in [1.807, 2.05) is 60.7 Å². The van der Waals surface area contributed by atoms with Crippen molar-refractivity contribution in [2.24, 2.45) is 0 Å². The molecule has 0 atom stereocenters. The van der Waals surface area contributed by atoms with Gasteiger partial charge in [0.05, 0.1) is 0 Å². The number of nitrogen functional groups attached to an aromatic ring is 1. The van der Waals surface area contributed by atoms with E-state index >= 15 is 0 Å². The van der Waals surface area contributed by atoms with Crippen molar-refractivity contribution in [3.8, 4) is 23.3 Å². The smallest absolute Gasteiger partial charge is 0.249 e. The third-order valence-corrected chi connectivity index (χ3v) is 2.73. The molecule has 5 heteroatoms. The Hall–Kier alpha value is -3.08. The summed E-state index contributed by atoms with van der Waals surface area (Å²) in [6.07, 6.45) is 1.35. The molecule has 1 aromatic heterocycles. The van der Waals surface area contributed by atoms with Crippen molar-refractivity contribution < 1.29 is 9.47 Å². The van der Waals surface area contributed by atoms with Crippen molar-refractivity contribution in [1.29, 1.82) is 0 Å². The van der Waals surface area contributed by atoms with Gasteiger partial charge in [-0.15, -0.1) is 0 Å². The Morgan fingerprint density at radius 3 is 1.52 bits per heavy atom. The van der Waals surface area contributed by atoms with Gasteiger partial charge in [0.15, 0.2) is 5.69 Å². The van der Waals surface area contributed by atoms with E-state index in [2.05, 4.69) is 9.97 Å². The van der Waals surface area contributed by atoms with Crippen molar-refractivity contribution in [1.82, 2.24) is 9.97 Å². The molecule has 0 aliphatic heterocycles. The van der Waals surface area contributed by atoms with Gasteiger partial charge in [-0.1, -0.05) is 36.4 Å². The van der Waals surface area contributed by atoms with Gasteiger partial charge >= 0.3 is 0 Å². The fourth-order valence-electron chi connectivity index (χ4n) is 1.73. The quantitative estimate of drug-likeness (QED) is 0.789. The van der Waals surface area contributed by atoms with Gasteiger partial charge < -0.3 is 15.2 Å². The van der Waals surface area contributed by atoms with Crippen LogP contribution < -0.4 is 15.2 Å². The average Bonchev–Trinajstić information content (AvgIpc) is 2.53. The predicted molar refractivity (Wildman–Crippen MR) is 79.5 cm³/mol. The largest absolute Gasteiger partial charge is 0.437 e. The third kappa shape index (κ3) is 3.09. The summed E-state index contributed by atoms with van der Waals surface area (Å²) in [7, 11) is 0. The Morgan fingerprint density at radius 2 is 1.10 bits per heavy atom. The summed E-state index contributed by atoms with van der Waals surface area (Å²) >= 11 is 0. The number of hydrogen-bond donors (Lipinski definition) is 1. The van der Waals surface area contributed by atoms with Crippen LogP contribution >= 0.6 is 0 Å². The van der Waals surface area contributed by atoms with Gasteiger partial charge in [0.1, 0.15) is 17.8 Å². The molecule has 0 saturated carbocycles. The molecule has 0 saturated heterocycles.